The van der Waals surface area contributed by atoms with Gasteiger partial charge >= 0.3 is 0 Å². The molecule has 0 aromatic carbocycles. The first-order valence-electron chi connectivity index (χ1n) is 6.89. The molecule has 1 aliphatic carbocycles. The maximum Gasteiger partial charge on any atom is 0.136 e. The Balaban J connectivity index is 1.81. The first-order chi connectivity index (χ1) is 9.67. The topological polar surface area (TPSA) is 62.7 Å². The van der Waals surface area contributed by atoms with Gasteiger partial charge < -0.3 is 10.6 Å². The fraction of sp³-hybridized carbons (Fsp3) is 0.500. The first kappa shape index (κ1) is 13.3. The van der Waals surface area contributed by atoms with Crippen molar-refractivity contribution >= 4 is 23.0 Å². The summed E-state index contributed by atoms with van der Waals surface area (Å²) in [5.74, 6) is 3.34. The molecule has 0 unspecified atom stereocenters. The molecule has 2 aromatic heterocycles. The second-order valence-electron chi connectivity index (χ2n) is 5.15. The van der Waals surface area contributed by atoms with Gasteiger partial charge in [0, 0.05) is 29.6 Å². The summed E-state index contributed by atoms with van der Waals surface area (Å²) in [4.78, 5) is 14.9. The van der Waals surface area contributed by atoms with Gasteiger partial charge in [0.1, 0.15) is 22.5 Å². The number of nitrogens with zero attached hydrogens (tertiary/aromatic N) is 3. The van der Waals surface area contributed by atoms with Gasteiger partial charge in [-0.15, -0.1) is 11.3 Å². The van der Waals surface area contributed by atoms with Crippen molar-refractivity contribution in [3.05, 3.63) is 27.5 Å². The van der Waals surface area contributed by atoms with E-state index in [1.165, 1.54) is 17.7 Å². The van der Waals surface area contributed by atoms with Gasteiger partial charge in [-0.3, -0.25) is 0 Å². The van der Waals surface area contributed by atoms with Crippen molar-refractivity contribution in [2.24, 2.45) is 0 Å². The molecule has 1 aliphatic rings. The highest BCUT2D eigenvalue weighted by atomic mass is 32.1. The number of rotatable bonds is 5. The van der Waals surface area contributed by atoms with Gasteiger partial charge in [-0.2, -0.15) is 0 Å². The van der Waals surface area contributed by atoms with Crippen LogP contribution in [0.5, 0.6) is 0 Å². The maximum atomic E-state index is 4.68. The third-order valence-corrected chi connectivity index (χ3v) is 4.33. The van der Waals surface area contributed by atoms with Crippen LogP contribution in [0, 0.1) is 13.8 Å². The minimum Gasteiger partial charge on any atom is -0.373 e. The molecular weight excluding hydrogens is 270 g/mol. The summed E-state index contributed by atoms with van der Waals surface area (Å²) in [6.07, 6.45) is 4.32. The number of hydrogen-bond donors (Lipinski definition) is 2. The Bertz CT molecular complexity index is 618. The van der Waals surface area contributed by atoms with Crippen molar-refractivity contribution in [2.45, 2.75) is 39.2 Å². The molecule has 2 aromatic rings. The predicted molar refractivity (Wildman–Crippen MR) is 82.5 cm³/mol. The van der Waals surface area contributed by atoms with Crippen LogP contribution in [-0.4, -0.2) is 22.0 Å². The lowest BCUT2D eigenvalue weighted by atomic mass is 10.2. The highest BCUT2D eigenvalue weighted by molar-refractivity contribution is 7.11. The molecule has 0 atom stereocenters. The third-order valence-electron chi connectivity index (χ3n) is 3.42. The number of nitrogens with one attached hydrogen (secondary N) is 2. The molecule has 5 nitrogen and oxygen atoms in total. The molecule has 6 heteroatoms. The standard InChI is InChI=1S/C14H19N5S/c1-8-6-16-11(20-8)7-17-13-9(2)12(15-3)18-14(19-13)10-4-5-10/h6,10H,4-5,7H2,1-3H3,(H2,15,17,18,19). The molecule has 106 valence electrons. The van der Waals surface area contributed by atoms with Gasteiger partial charge in [-0.25, -0.2) is 15.0 Å². The highest BCUT2D eigenvalue weighted by Crippen LogP contribution is 2.39. The number of hydrogen-bond acceptors (Lipinski definition) is 6. The lowest BCUT2D eigenvalue weighted by Crippen LogP contribution is -2.09. The van der Waals surface area contributed by atoms with Crippen molar-refractivity contribution in [2.75, 3.05) is 17.7 Å². The zero-order valence-corrected chi connectivity index (χ0v) is 12.8. The van der Waals surface area contributed by atoms with Gasteiger partial charge in [0.15, 0.2) is 0 Å². The van der Waals surface area contributed by atoms with Crippen LogP contribution in [-0.2, 0) is 6.54 Å². The average Bonchev–Trinajstić information content (AvgIpc) is 3.21. The molecule has 0 bridgehead atoms. The second-order valence-corrected chi connectivity index (χ2v) is 6.47. The Morgan fingerprint density at radius 3 is 2.60 bits per heavy atom. The van der Waals surface area contributed by atoms with E-state index in [-0.39, 0.29) is 0 Å². The molecule has 0 amide bonds. The minimum atomic E-state index is 0.547. The molecule has 2 heterocycles. The van der Waals surface area contributed by atoms with E-state index in [0.29, 0.717) is 12.5 Å². The summed E-state index contributed by atoms with van der Waals surface area (Å²) in [7, 11) is 1.90. The number of anilines is 2. The van der Waals surface area contributed by atoms with E-state index in [1.807, 2.05) is 20.2 Å². The van der Waals surface area contributed by atoms with Crippen LogP contribution in [0.1, 0.15) is 40.0 Å². The molecule has 2 N–H and O–H groups in total. The summed E-state index contributed by atoms with van der Waals surface area (Å²) in [5.41, 5.74) is 1.06. The van der Waals surface area contributed by atoms with E-state index in [9.17, 15) is 0 Å². The average molecular weight is 289 g/mol. The third kappa shape index (κ3) is 2.75. The largest absolute Gasteiger partial charge is 0.373 e. The Morgan fingerprint density at radius 1 is 1.25 bits per heavy atom. The van der Waals surface area contributed by atoms with Crippen molar-refractivity contribution < 1.29 is 0 Å². The summed E-state index contributed by atoms with van der Waals surface area (Å²) in [6, 6.07) is 0. The molecule has 0 saturated heterocycles. The van der Waals surface area contributed by atoms with E-state index in [2.05, 4.69) is 32.5 Å². The molecule has 0 radical (unpaired) electrons. The fourth-order valence-electron chi connectivity index (χ4n) is 2.12. The summed E-state index contributed by atoms with van der Waals surface area (Å²) < 4.78 is 0. The Labute approximate surface area is 122 Å². The van der Waals surface area contributed by atoms with E-state index < -0.39 is 0 Å². The van der Waals surface area contributed by atoms with E-state index in [0.717, 1.165) is 28.0 Å². The molecule has 20 heavy (non-hydrogen) atoms. The van der Waals surface area contributed by atoms with Crippen molar-refractivity contribution in [1.29, 1.82) is 0 Å². The Morgan fingerprint density at radius 2 is 2.00 bits per heavy atom. The van der Waals surface area contributed by atoms with Crippen LogP contribution in [0.4, 0.5) is 11.6 Å². The molecule has 0 spiro atoms. The molecule has 1 saturated carbocycles. The van der Waals surface area contributed by atoms with E-state index in [1.54, 1.807) is 11.3 Å². The molecular formula is C14H19N5S. The summed E-state index contributed by atoms with van der Waals surface area (Å²) >= 11 is 1.71. The molecule has 3 rings (SSSR count). The monoisotopic (exact) mass is 289 g/mol. The predicted octanol–water partition coefficient (Wildman–Crippen LogP) is 3.08. The zero-order chi connectivity index (χ0) is 14.1. The van der Waals surface area contributed by atoms with Crippen LogP contribution < -0.4 is 10.6 Å². The van der Waals surface area contributed by atoms with Crippen LogP contribution in [0.2, 0.25) is 0 Å². The van der Waals surface area contributed by atoms with Gasteiger partial charge in [-0.05, 0) is 26.7 Å². The van der Waals surface area contributed by atoms with Crippen LogP contribution in [0.3, 0.4) is 0 Å². The normalized spacial score (nSPS) is 14.3. The number of aromatic nitrogens is 3. The summed E-state index contributed by atoms with van der Waals surface area (Å²) in [6.45, 7) is 4.82. The van der Waals surface area contributed by atoms with Gasteiger partial charge in [-0.1, -0.05) is 0 Å². The van der Waals surface area contributed by atoms with Crippen LogP contribution in [0.15, 0.2) is 6.20 Å². The quantitative estimate of drug-likeness (QED) is 0.885. The van der Waals surface area contributed by atoms with E-state index >= 15 is 0 Å². The highest BCUT2D eigenvalue weighted by Gasteiger charge is 2.28. The first-order valence-corrected chi connectivity index (χ1v) is 7.70. The lowest BCUT2D eigenvalue weighted by Gasteiger charge is -2.13. The van der Waals surface area contributed by atoms with Gasteiger partial charge in [0.25, 0.3) is 0 Å². The Kier molecular flexibility index (Phi) is 3.56. The molecule has 1 fully saturated rings. The second kappa shape index (κ2) is 5.36. The summed E-state index contributed by atoms with van der Waals surface area (Å²) in [5, 5.41) is 7.64. The lowest BCUT2D eigenvalue weighted by molar-refractivity contribution is 0.912. The Hall–Kier alpha value is -1.69. The zero-order valence-electron chi connectivity index (χ0n) is 12.0. The van der Waals surface area contributed by atoms with Crippen LogP contribution >= 0.6 is 11.3 Å². The molecule has 0 aliphatic heterocycles. The van der Waals surface area contributed by atoms with Gasteiger partial charge in [0.2, 0.25) is 0 Å². The number of thiazole rings is 1. The maximum absolute atomic E-state index is 4.68. The van der Waals surface area contributed by atoms with Crippen molar-refractivity contribution in [3.63, 3.8) is 0 Å². The SMILES string of the molecule is CNc1nc(C2CC2)nc(NCc2ncc(C)s2)c1C. The number of aryl methyl sites for hydroxylation is 1. The van der Waals surface area contributed by atoms with Gasteiger partial charge in [0.05, 0.1) is 6.54 Å². The smallest absolute Gasteiger partial charge is 0.136 e. The van der Waals surface area contributed by atoms with Crippen molar-refractivity contribution in [1.82, 2.24) is 15.0 Å². The van der Waals surface area contributed by atoms with Crippen LogP contribution in [0.25, 0.3) is 0 Å². The van der Waals surface area contributed by atoms with Crippen molar-refractivity contribution in [3.8, 4) is 0 Å². The minimum absolute atomic E-state index is 0.547. The fourth-order valence-corrected chi connectivity index (χ4v) is 2.84. The van der Waals surface area contributed by atoms with E-state index in [4.69, 9.17) is 0 Å².